The van der Waals surface area contributed by atoms with Crippen LogP contribution in [0, 0.1) is 0 Å². The Bertz CT molecular complexity index is 912. The van der Waals surface area contributed by atoms with Crippen LogP contribution in [-0.4, -0.2) is 32.9 Å². The highest BCUT2D eigenvalue weighted by atomic mass is 19.4. The van der Waals surface area contributed by atoms with Gasteiger partial charge in [-0.2, -0.15) is 26.3 Å². The highest BCUT2D eigenvalue weighted by molar-refractivity contribution is 5.92. The van der Waals surface area contributed by atoms with Gasteiger partial charge in [-0.25, -0.2) is 0 Å². The summed E-state index contributed by atoms with van der Waals surface area (Å²) in [5.41, 5.74) is -0.955. The van der Waals surface area contributed by atoms with Crippen molar-refractivity contribution in [1.29, 1.82) is 0 Å². The molecule has 0 bridgehead atoms. The number of nitrogens with one attached hydrogen (secondary N) is 1. The molecular weight excluding hydrogens is 432 g/mol. The van der Waals surface area contributed by atoms with E-state index in [4.69, 9.17) is 9.47 Å². The van der Waals surface area contributed by atoms with Crippen molar-refractivity contribution < 1.29 is 45.3 Å². The number of ether oxygens (including phenoxy) is 3. The standard InChI is InChI=1S/C20H19F6NO4/c1-29-16-6-3-12(9-17(16)30-2)4-8-18(28)27-14-10-13(20(24,25)26)5-7-15(14)31-11-19(21,22)23/h3,5-7,9-10H,4,8,11H2,1-2H3,(H,27,28). The number of hydrogen-bond acceptors (Lipinski definition) is 4. The van der Waals surface area contributed by atoms with Crippen molar-refractivity contribution >= 4 is 11.6 Å². The number of carbonyl (C=O) groups excluding carboxylic acids is 1. The van der Waals surface area contributed by atoms with E-state index in [0.29, 0.717) is 29.2 Å². The molecule has 0 spiro atoms. The molecule has 1 amide bonds. The number of aryl methyl sites for hydroxylation is 1. The normalized spacial score (nSPS) is 11.7. The fraction of sp³-hybridized carbons (Fsp3) is 0.350. The topological polar surface area (TPSA) is 56.8 Å². The van der Waals surface area contributed by atoms with E-state index in [2.05, 4.69) is 10.1 Å². The molecule has 0 aliphatic carbocycles. The maximum absolute atomic E-state index is 13.0. The van der Waals surface area contributed by atoms with Crippen LogP contribution in [-0.2, 0) is 17.4 Å². The Kier molecular flexibility index (Phi) is 7.64. The van der Waals surface area contributed by atoms with Crippen molar-refractivity contribution in [2.45, 2.75) is 25.2 Å². The summed E-state index contributed by atoms with van der Waals surface area (Å²) in [6.45, 7) is -1.72. The van der Waals surface area contributed by atoms with Crippen molar-refractivity contribution in [2.24, 2.45) is 0 Å². The second-order valence-electron chi connectivity index (χ2n) is 6.35. The fourth-order valence-corrected chi connectivity index (χ4v) is 2.60. The zero-order valence-electron chi connectivity index (χ0n) is 16.5. The van der Waals surface area contributed by atoms with Crippen molar-refractivity contribution in [1.82, 2.24) is 0 Å². The number of rotatable bonds is 8. The van der Waals surface area contributed by atoms with Crippen LogP contribution in [0.1, 0.15) is 17.5 Å². The largest absolute Gasteiger partial charge is 0.493 e. The van der Waals surface area contributed by atoms with E-state index in [1.54, 1.807) is 18.2 Å². The van der Waals surface area contributed by atoms with E-state index in [0.717, 1.165) is 6.07 Å². The lowest BCUT2D eigenvalue weighted by Gasteiger charge is -2.16. The first-order chi connectivity index (χ1) is 14.4. The van der Waals surface area contributed by atoms with Gasteiger partial charge in [0.25, 0.3) is 0 Å². The molecule has 0 saturated carbocycles. The third-order valence-corrected chi connectivity index (χ3v) is 4.06. The zero-order chi connectivity index (χ0) is 23.2. The molecule has 0 heterocycles. The monoisotopic (exact) mass is 451 g/mol. The molecule has 1 N–H and O–H groups in total. The highest BCUT2D eigenvalue weighted by Gasteiger charge is 2.32. The van der Waals surface area contributed by atoms with Gasteiger partial charge in [0.2, 0.25) is 5.91 Å². The number of anilines is 1. The first-order valence-electron chi connectivity index (χ1n) is 8.84. The molecule has 0 atom stereocenters. The summed E-state index contributed by atoms with van der Waals surface area (Å²) < 4.78 is 90.9. The Morgan fingerprint density at radius 2 is 1.55 bits per heavy atom. The van der Waals surface area contributed by atoms with Gasteiger partial charge in [-0.3, -0.25) is 4.79 Å². The van der Waals surface area contributed by atoms with Gasteiger partial charge in [0.05, 0.1) is 25.5 Å². The SMILES string of the molecule is COc1ccc(CCC(=O)Nc2cc(C(F)(F)F)ccc2OCC(F)(F)F)cc1OC. The molecule has 2 rings (SSSR count). The molecule has 0 aromatic heterocycles. The molecule has 0 radical (unpaired) electrons. The van der Waals surface area contributed by atoms with Crippen molar-refractivity contribution in [3.63, 3.8) is 0 Å². The quantitative estimate of drug-likeness (QED) is 0.558. The van der Waals surface area contributed by atoms with Crippen LogP contribution >= 0.6 is 0 Å². The number of benzene rings is 2. The molecule has 2 aromatic carbocycles. The number of hydrogen-bond donors (Lipinski definition) is 1. The summed E-state index contributed by atoms with van der Waals surface area (Å²) in [4.78, 5) is 12.3. The van der Waals surface area contributed by atoms with E-state index in [-0.39, 0.29) is 12.8 Å². The van der Waals surface area contributed by atoms with Gasteiger partial charge in [-0.05, 0) is 42.3 Å². The van der Waals surface area contributed by atoms with Gasteiger partial charge in [0.15, 0.2) is 18.1 Å². The van der Waals surface area contributed by atoms with E-state index in [1.807, 2.05) is 0 Å². The highest BCUT2D eigenvalue weighted by Crippen LogP contribution is 2.36. The summed E-state index contributed by atoms with van der Waals surface area (Å²) in [5.74, 6) is -0.317. The molecule has 0 saturated heterocycles. The molecular formula is C20H19F6NO4. The molecule has 31 heavy (non-hydrogen) atoms. The number of amides is 1. The molecule has 170 valence electrons. The number of alkyl halides is 6. The number of methoxy groups -OCH3 is 2. The minimum atomic E-state index is -4.75. The fourth-order valence-electron chi connectivity index (χ4n) is 2.60. The number of carbonyl (C=O) groups is 1. The third kappa shape index (κ3) is 7.26. The van der Waals surface area contributed by atoms with Gasteiger partial charge in [-0.15, -0.1) is 0 Å². The lowest BCUT2D eigenvalue weighted by atomic mass is 10.1. The van der Waals surface area contributed by atoms with Gasteiger partial charge in [0.1, 0.15) is 5.75 Å². The molecule has 2 aromatic rings. The molecule has 0 unspecified atom stereocenters. The minimum Gasteiger partial charge on any atom is -0.493 e. The van der Waals surface area contributed by atoms with E-state index >= 15 is 0 Å². The van der Waals surface area contributed by atoms with Crippen LogP contribution in [0.25, 0.3) is 0 Å². The Morgan fingerprint density at radius 3 is 2.13 bits per heavy atom. The average molecular weight is 451 g/mol. The molecule has 0 aliphatic rings. The van der Waals surface area contributed by atoms with E-state index in [9.17, 15) is 31.1 Å². The van der Waals surface area contributed by atoms with Gasteiger partial charge in [0, 0.05) is 6.42 Å². The lowest BCUT2D eigenvalue weighted by molar-refractivity contribution is -0.153. The second kappa shape index (κ2) is 9.80. The Hall–Kier alpha value is -3.11. The van der Waals surface area contributed by atoms with Crippen molar-refractivity contribution in [3.05, 3.63) is 47.5 Å². The van der Waals surface area contributed by atoms with Crippen LogP contribution in [0.2, 0.25) is 0 Å². The van der Waals surface area contributed by atoms with Crippen molar-refractivity contribution in [3.8, 4) is 17.2 Å². The maximum Gasteiger partial charge on any atom is 0.422 e. The third-order valence-electron chi connectivity index (χ3n) is 4.06. The maximum atomic E-state index is 13.0. The van der Waals surface area contributed by atoms with Gasteiger partial charge in [-0.1, -0.05) is 6.07 Å². The van der Waals surface area contributed by atoms with Crippen LogP contribution < -0.4 is 19.5 Å². The first-order valence-corrected chi connectivity index (χ1v) is 8.84. The first kappa shape index (κ1) is 24.2. The minimum absolute atomic E-state index is 0.148. The van der Waals surface area contributed by atoms with Gasteiger partial charge >= 0.3 is 12.4 Å². The second-order valence-corrected chi connectivity index (χ2v) is 6.35. The average Bonchev–Trinajstić information content (AvgIpc) is 2.69. The van der Waals surface area contributed by atoms with Gasteiger partial charge < -0.3 is 19.5 Å². The zero-order valence-corrected chi connectivity index (χ0v) is 16.5. The van der Waals surface area contributed by atoms with E-state index in [1.165, 1.54) is 14.2 Å². The van der Waals surface area contributed by atoms with Crippen LogP contribution in [0.5, 0.6) is 17.2 Å². The summed E-state index contributed by atoms with van der Waals surface area (Å²) in [7, 11) is 2.89. The smallest absolute Gasteiger partial charge is 0.422 e. The summed E-state index contributed by atoms with van der Waals surface area (Å²) in [5, 5.41) is 2.19. The van der Waals surface area contributed by atoms with Crippen LogP contribution in [0.4, 0.5) is 32.0 Å². The lowest BCUT2D eigenvalue weighted by Crippen LogP contribution is -2.21. The van der Waals surface area contributed by atoms with E-state index < -0.39 is 41.9 Å². The molecule has 0 fully saturated rings. The van der Waals surface area contributed by atoms with Crippen molar-refractivity contribution in [2.75, 3.05) is 26.1 Å². The number of halogens is 6. The predicted molar refractivity (Wildman–Crippen MR) is 99.5 cm³/mol. The summed E-state index contributed by atoms with van der Waals surface area (Å²) in [6, 6.07) is 6.77. The van der Waals surface area contributed by atoms with Crippen LogP contribution in [0.3, 0.4) is 0 Å². The molecule has 5 nitrogen and oxygen atoms in total. The summed E-state index contributed by atoms with van der Waals surface area (Å²) in [6.07, 6.45) is -9.40. The van der Waals surface area contributed by atoms with Crippen LogP contribution in [0.15, 0.2) is 36.4 Å². The Morgan fingerprint density at radius 1 is 0.903 bits per heavy atom. The predicted octanol–water partition coefficient (Wildman–Crippen LogP) is 5.24. The molecule has 11 heteroatoms. The Balaban J connectivity index is 2.14. The Labute approximate surface area is 173 Å². The summed E-state index contributed by atoms with van der Waals surface area (Å²) >= 11 is 0. The molecule has 0 aliphatic heterocycles.